The molecular formula is C5H13O6PS. The molecule has 0 aromatic carbocycles. The molecule has 80 valence electrons. The summed E-state index contributed by atoms with van der Waals surface area (Å²) in [6.45, 7) is 0.0268. The molecule has 0 aromatic heterocycles. The number of phosphoric ester groups is 1. The summed E-state index contributed by atoms with van der Waals surface area (Å²) < 4.78 is 24.3. The molecule has 0 aliphatic carbocycles. The van der Waals surface area contributed by atoms with Gasteiger partial charge in [0.05, 0.1) is 13.2 Å². The zero-order valence-corrected chi connectivity index (χ0v) is 9.09. The zero-order valence-electron chi connectivity index (χ0n) is 7.37. The molecule has 1 atom stereocenters. The predicted octanol–water partition coefficient (Wildman–Crippen LogP) is 0.405. The maximum absolute atomic E-state index is 10.3. The summed E-state index contributed by atoms with van der Waals surface area (Å²) in [5, 5.41) is 0. The Hall–Kier alpha value is 0.380. The standard InChI is InChI=1S/C5H13O6PS/c1-9-5(4-11-13-2)3-10-12(6,7)8/h5H,3-4H2,1-2H3,(H2,6,7,8). The van der Waals surface area contributed by atoms with E-state index in [9.17, 15) is 4.57 Å². The van der Waals surface area contributed by atoms with Gasteiger partial charge in [-0.1, -0.05) is 0 Å². The van der Waals surface area contributed by atoms with Gasteiger partial charge in [0.25, 0.3) is 0 Å². The van der Waals surface area contributed by atoms with Gasteiger partial charge in [-0.25, -0.2) is 4.57 Å². The van der Waals surface area contributed by atoms with Crippen LogP contribution in [0.25, 0.3) is 0 Å². The molecule has 8 heteroatoms. The number of phosphoric acid groups is 1. The molecule has 2 N–H and O–H groups in total. The lowest BCUT2D eigenvalue weighted by molar-refractivity contribution is 0.0201. The molecule has 0 aliphatic heterocycles. The van der Waals surface area contributed by atoms with Crippen LogP contribution >= 0.6 is 19.9 Å². The molecule has 0 radical (unpaired) electrons. The molecular weight excluding hydrogens is 219 g/mol. The minimum absolute atomic E-state index is 0.193. The van der Waals surface area contributed by atoms with Crippen molar-refractivity contribution in [1.82, 2.24) is 0 Å². The van der Waals surface area contributed by atoms with E-state index in [1.54, 1.807) is 6.26 Å². The average molecular weight is 232 g/mol. The van der Waals surface area contributed by atoms with Crippen LogP contribution in [-0.2, 0) is 18.0 Å². The van der Waals surface area contributed by atoms with Crippen molar-refractivity contribution in [3.63, 3.8) is 0 Å². The Morgan fingerprint density at radius 3 is 2.46 bits per heavy atom. The molecule has 6 nitrogen and oxygen atoms in total. The van der Waals surface area contributed by atoms with E-state index in [1.165, 1.54) is 7.11 Å². The van der Waals surface area contributed by atoms with Gasteiger partial charge in [0.1, 0.15) is 6.10 Å². The molecule has 0 heterocycles. The first kappa shape index (κ1) is 13.4. The topological polar surface area (TPSA) is 85.2 Å². The van der Waals surface area contributed by atoms with Crippen molar-refractivity contribution in [2.75, 3.05) is 26.6 Å². The Labute approximate surface area is 81.0 Å². The second-order valence-corrected chi connectivity index (χ2v) is 3.90. The molecule has 0 aliphatic rings. The fourth-order valence-electron chi connectivity index (χ4n) is 0.508. The monoisotopic (exact) mass is 232 g/mol. The van der Waals surface area contributed by atoms with Crippen LogP contribution in [0.15, 0.2) is 0 Å². The van der Waals surface area contributed by atoms with Crippen molar-refractivity contribution in [3.05, 3.63) is 0 Å². The minimum Gasteiger partial charge on any atom is -0.377 e. The third-order valence-corrected chi connectivity index (χ3v) is 1.99. The SMILES string of the molecule is COC(COSC)COP(=O)(O)O. The number of hydrogen-bond donors (Lipinski definition) is 2. The normalized spacial score (nSPS) is 14.5. The summed E-state index contributed by atoms with van der Waals surface area (Å²) in [6, 6.07) is 0. The van der Waals surface area contributed by atoms with E-state index in [1.807, 2.05) is 0 Å². The highest BCUT2D eigenvalue weighted by Crippen LogP contribution is 2.35. The molecule has 0 amide bonds. The van der Waals surface area contributed by atoms with Crippen LogP contribution in [0.3, 0.4) is 0 Å². The lowest BCUT2D eigenvalue weighted by Gasteiger charge is -2.14. The molecule has 0 rings (SSSR count). The molecule has 0 bridgehead atoms. The Kier molecular flexibility index (Phi) is 6.98. The predicted molar refractivity (Wildman–Crippen MR) is 48.3 cm³/mol. The number of methoxy groups -OCH3 is 1. The first-order chi connectivity index (χ1) is 5.99. The molecule has 13 heavy (non-hydrogen) atoms. The van der Waals surface area contributed by atoms with Crippen molar-refractivity contribution >= 4 is 19.9 Å². The largest absolute Gasteiger partial charge is 0.469 e. The number of rotatable bonds is 7. The zero-order chi connectivity index (χ0) is 10.3. The summed E-state index contributed by atoms with van der Waals surface area (Å²) in [7, 11) is -2.99. The second-order valence-electron chi connectivity index (χ2n) is 2.10. The van der Waals surface area contributed by atoms with Crippen molar-refractivity contribution in [3.8, 4) is 0 Å². The van der Waals surface area contributed by atoms with E-state index in [2.05, 4.69) is 4.52 Å². The average Bonchev–Trinajstić information content (AvgIpc) is 2.03. The summed E-state index contributed by atoms with van der Waals surface area (Å²) in [4.78, 5) is 16.7. The van der Waals surface area contributed by atoms with Gasteiger partial charge in [-0.05, 0) is 12.0 Å². The van der Waals surface area contributed by atoms with Crippen LogP contribution in [-0.4, -0.2) is 42.5 Å². The highest BCUT2D eigenvalue weighted by Gasteiger charge is 2.18. The summed E-state index contributed by atoms with van der Waals surface area (Å²) >= 11 is 1.15. The highest BCUT2D eigenvalue weighted by molar-refractivity contribution is 7.93. The summed E-state index contributed by atoms with van der Waals surface area (Å²) in [5.74, 6) is 0. The Morgan fingerprint density at radius 1 is 1.46 bits per heavy atom. The Balaban J connectivity index is 3.65. The summed E-state index contributed by atoms with van der Waals surface area (Å²) in [5.41, 5.74) is 0. The third kappa shape index (κ3) is 8.70. The maximum Gasteiger partial charge on any atom is 0.469 e. The Bertz CT molecular complexity index is 170. The van der Waals surface area contributed by atoms with Crippen LogP contribution in [0.1, 0.15) is 0 Å². The second kappa shape index (κ2) is 6.78. The van der Waals surface area contributed by atoms with Gasteiger partial charge in [-0.2, -0.15) is 0 Å². The van der Waals surface area contributed by atoms with Crippen molar-refractivity contribution in [2.24, 2.45) is 0 Å². The molecule has 0 saturated heterocycles. The lowest BCUT2D eigenvalue weighted by atomic mass is 10.4. The van der Waals surface area contributed by atoms with E-state index in [0.29, 0.717) is 0 Å². The number of ether oxygens (including phenoxy) is 1. The van der Waals surface area contributed by atoms with Gasteiger partial charge < -0.3 is 18.7 Å². The fraction of sp³-hybridized carbons (Fsp3) is 1.00. The quantitative estimate of drug-likeness (QED) is 0.485. The van der Waals surface area contributed by atoms with Crippen LogP contribution in [0.2, 0.25) is 0 Å². The van der Waals surface area contributed by atoms with Crippen LogP contribution in [0.4, 0.5) is 0 Å². The van der Waals surface area contributed by atoms with Crippen LogP contribution < -0.4 is 0 Å². The first-order valence-electron chi connectivity index (χ1n) is 3.38. The molecule has 0 spiro atoms. The van der Waals surface area contributed by atoms with Crippen molar-refractivity contribution in [1.29, 1.82) is 0 Å². The van der Waals surface area contributed by atoms with Gasteiger partial charge >= 0.3 is 7.82 Å². The molecule has 1 unspecified atom stereocenters. The van der Waals surface area contributed by atoms with Crippen molar-refractivity contribution < 1.29 is 27.8 Å². The van der Waals surface area contributed by atoms with E-state index in [4.69, 9.17) is 18.7 Å². The van der Waals surface area contributed by atoms with Gasteiger partial charge in [-0.3, -0.25) is 4.52 Å². The maximum atomic E-state index is 10.3. The number of hydrogen-bond acceptors (Lipinski definition) is 5. The van der Waals surface area contributed by atoms with Gasteiger partial charge in [-0.15, -0.1) is 0 Å². The Morgan fingerprint density at radius 2 is 2.08 bits per heavy atom. The van der Waals surface area contributed by atoms with E-state index < -0.39 is 13.9 Å². The van der Waals surface area contributed by atoms with Gasteiger partial charge in [0.2, 0.25) is 0 Å². The van der Waals surface area contributed by atoms with E-state index in [-0.39, 0.29) is 13.2 Å². The van der Waals surface area contributed by atoms with Gasteiger partial charge in [0.15, 0.2) is 0 Å². The first-order valence-corrected chi connectivity index (χ1v) is 6.06. The van der Waals surface area contributed by atoms with Crippen molar-refractivity contribution in [2.45, 2.75) is 6.10 Å². The molecule has 0 fully saturated rings. The van der Waals surface area contributed by atoms with Crippen LogP contribution in [0, 0.1) is 0 Å². The van der Waals surface area contributed by atoms with Crippen LogP contribution in [0.5, 0.6) is 0 Å². The molecule has 0 saturated carbocycles. The summed E-state index contributed by atoms with van der Waals surface area (Å²) in [6.07, 6.45) is 1.26. The van der Waals surface area contributed by atoms with E-state index >= 15 is 0 Å². The van der Waals surface area contributed by atoms with Gasteiger partial charge in [0, 0.05) is 13.4 Å². The smallest absolute Gasteiger partial charge is 0.377 e. The fourth-order valence-corrected chi connectivity index (χ4v) is 1.16. The van der Waals surface area contributed by atoms with E-state index in [0.717, 1.165) is 12.0 Å². The lowest BCUT2D eigenvalue weighted by Crippen LogP contribution is -2.22. The highest BCUT2D eigenvalue weighted by atomic mass is 32.2. The molecule has 0 aromatic rings. The minimum atomic E-state index is -4.41. The third-order valence-electron chi connectivity index (χ3n) is 1.13.